The van der Waals surface area contributed by atoms with Crippen molar-refractivity contribution in [1.29, 1.82) is 0 Å². The van der Waals surface area contributed by atoms with Crippen LogP contribution in [0.25, 0.3) is 0 Å². The van der Waals surface area contributed by atoms with Gasteiger partial charge in [0.1, 0.15) is 0 Å². The normalized spacial score (nSPS) is 13.3. The fraction of sp³-hybridized carbons (Fsp3) is 0.500. The van der Waals surface area contributed by atoms with Crippen molar-refractivity contribution in [2.45, 2.75) is 32.8 Å². The molecule has 22 heavy (non-hydrogen) atoms. The predicted octanol–water partition coefficient (Wildman–Crippen LogP) is 3.29. The van der Waals surface area contributed by atoms with Crippen LogP contribution in [-0.4, -0.2) is 32.7 Å². The van der Waals surface area contributed by atoms with Crippen molar-refractivity contribution in [3.63, 3.8) is 0 Å². The van der Waals surface area contributed by atoms with Gasteiger partial charge in [0.15, 0.2) is 5.96 Å². The Morgan fingerprint density at radius 3 is 2.64 bits per heavy atom. The summed E-state index contributed by atoms with van der Waals surface area (Å²) in [5.74, 6) is 0.848. The predicted molar refractivity (Wildman–Crippen MR) is 94.2 cm³/mol. The van der Waals surface area contributed by atoms with Gasteiger partial charge >= 0.3 is 0 Å². The Balaban J connectivity index is 2.11. The van der Waals surface area contributed by atoms with Crippen molar-refractivity contribution in [1.82, 2.24) is 10.6 Å². The van der Waals surface area contributed by atoms with Gasteiger partial charge in [-0.15, -0.1) is 0 Å². The molecule has 0 saturated heterocycles. The zero-order valence-electron chi connectivity index (χ0n) is 14.0. The molecule has 0 radical (unpaired) electrons. The number of ether oxygens (including phenoxy) is 1. The summed E-state index contributed by atoms with van der Waals surface area (Å²) in [7, 11) is 1.79. The number of aliphatic imine (C=N–C) groups is 1. The van der Waals surface area contributed by atoms with E-state index in [0.29, 0.717) is 0 Å². The van der Waals surface area contributed by atoms with Gasteiger partial charge in [-0.3, -0.25) is 4.99 Å². The van der Waals surface area contributed by atoms with Gasteiger partial charge in [-0.2, -0.15) is 0 Å². The summed E-state index contributed by atoms with van der Waals surface area (Å²) in [5.41, 5.74) is 1.22. The summed E-state index contributed by atoms with van der Waals surface area (Å²) in [4.78, 5) is 4.20. The minimum Gasteiger partial charge on any atom is -0.374 e. The number of allylic oxidation sites excluding steroid dienone is 1. The number of hydrogen-bond acceptors (Lipinski definition) is 2. The Hall–Kier alpha value is -1.81. The van der Waals surface area contributed by atoms with Crippen LogP contribution in [0.5, 0.6) is 0 Å². The lowest BCUT2D eigenvalue weighted by molar-refractivity contribution is 0.0646. The number of nitrogens with one attached hydrogen (secondary N) is 2. The Labute approximate surface area is 134 Å². The molecular weight excluding hydrogens is 274 g/mol. The van der Waals surface area contributed by atoms with Gasteiger partial charge in [0, 0.05) is 26.7 Å². The highest BCUT2D eigenvalue weighted by Gasteiger charge is 2.04. The van der Waals surface area contributed by atoms with Crippen LogP contribution in [0.15, 0.2) is 47.5 Å². The molecule has 0 fully saturated rings. The van der Waals surface area contributed by atoms with Crippen LogP contribution in [0.2, 0.25) is 0 Å². The van der Waals surface area contributed by atoms with Crippen LogP contribution >= 0.6 is 0 Å². The fourth-order valence-electron chi connectivity index (χ4n) is 2.02. The average molecular weight is 303 g/mol. The minimum atomic E-state index is 0.138. The van der Waals surface area contributed by atoms with E-state index in [-0.39, 0.29) is 6.10 Å². The molecule has 1 atom stereocenters. The van der Waals surface area contributed by atoms with Crippen molar-refractivity contribution in [3.8, 4) is 0 Å². The van der Waals surface area contributed by atoms with Gasteiger partial charge in [-0.05, 0) is 32.3 Å². The zero-order chi connectivity index (χ0) is 16.0. The highest BCUT2D eigenvalue weighted by molar-refractivity contribution is 5.79. The van der Waals surface area contributed by atoms with Crippen molar-refractivity contribution in [3.05, 3.63) is 48.0 Å². The molecule has 0 heterocycles. The number of guanidine groups is 1. The first-order valence-electron chi connectivity index (χ1n) is 8.00. The Morgan fingerprint density at radius 1 is 1.23 bits per heavy atom. The van der Waals surface area contributed by atoms with Crippen LogP contribution in [0, 0.1) is 0 Å². The maximum atomic E-state index is 5.85. The third-order valence-electron chi connectivity index (χ3n) is 3.31. The van der Waals surface area contributed by atoms with E-state index in [0.717, 1.165) is 38.5 Å². The molecular formula is C18H29N3O. The van der Waals surface area contributed by atoms with Crippen molar-refractivity contribution < 1.29 is 4.74 Å². The van der Waals surface area contributed by atoms with Crippen LogP contribution in [0.4, 0.5) is 0 Å². The number of hydrogen-bond donors (Lipinski definition) is 2. The molecule has 2 N–H and O–H groups in total. The summed E-state index contributed by atoms with van der Waals surface area (Å²) in [6.07, 6.45) is 6.29. The van der Waals surface area contributed by atoms with Gasteiger partial charge in [0.05, 0.1) is 6.10 Å². The fourth-order valence-corrected chi connectivity index (χ4v) is 2.02. The monoisotopic (exact) mass is 303 g/mol. The molecule has 1 aromatic rings. The van der Waals surface area contributed by atoms with Gasteiger partial charge in [0.25, 0.3) is 0 Å². The maximum absolute atomic E-state index is 5.85. The topological polar surface area (TPSA) is 45.7 Å². The van der Waals surface area contributed by atoms with Crippen LogP contribution < -0.4 is 10.6 Å². The lowest BCUT2D eigenvalue weighted by Gasteiger charge is -2.14. The quantitative estimate of drug-likeness (QED) is 0.318. The standard InChI is InChI=1S/C18H29N3O/c1-4-5-9-13-20-18(19-3)21-14-10-15-22-16(2)17-11-7-6-8-12-17/h4-8,11-12,16H,9-10,13-15H2,1-3H3,(H2,19,20,21)/b5-4+. The molecule has 0 aliphatic rings. The van der Waals surface area contributed by atoms with Crippen molar-refractivity contribution in [2.24, 2.45) is 4.99 Å². The van der Waals surface area contributed by atoms with Gasteiger partial charge in [0.2, 0.25) is 0 Å². The van der Waals surface area contributed by atoms with Gasteiger partial charge in [-0.25, -0.2) is 0 Å². The van der Waals surface area contributed by atoms with Gasteiger partial charge in [-0.1, -0.05) is 42.5 Å². The summed E-state index contributed by atoms with van der Waals surface area (Å²) >= 11 is 0. The molecule has 0 aliphatic carbocycles. The van der Waals surface area contributed by atoms with E-state index in [9.17, 15) is 0 Å². The summed E-state index contributed by atoms with van der Waals surface area (Å²) < 4.78 is 5.85. The van der Waals surface area contributed by atoms with E-state index < -0.39 is 0 Å². The summed E-state index contributed by atoms with van der Waals surface area (Å²) in [6, 6.07) is 10.3. The van der Waals surface area contributed by atoms with E-state index in [2.05, 4.69) is 46.8 Å². The maximum Gasteiger partial charge on any atom is 0.190 e. The molecule has 122 valence electrons. The Morgan fingerprint density at radius 2 is 1.95 bits per heavy atom. The molecule has 0 amide bonds. The first-order valence-corrected chi connectivity index (χ1v) is 8.00. The van der Waals surface area contributed by atoms with Gasteiger partial charge < -0.3 is 15.4 Å². The second-order valence-corrected chi connectivity index (χ2v) is 5.06. The highest BCUT2D eigenvalue weighted by atomic mass is 16.5. The smallest absolute Gasteiger partial charge is 0.190 e. The average Bonchev–Trinajstić information content (AvgIpc) is 2.57. The molecule has 4 heteroatoms. The summed E-state index contributed by atoms with van der Waals surface area (Å²) in [5, 5.41) is 6.57. The van der Waals surface area contributed by atoms with E-state index in [1.165, 1.54) is 5.56 Å². The molecule has 0 aliphatic heterocycles. The Bertz CT molecular complexity index is 443. The molecule has 1 aromatic carbocycles. The molecule has 1 unspecified atom stereocenters. The second kappa shape index (κ2) is 11.8. The van der Waals surface area contributed by atoms with Crippen LogP contribution in [0.1, 0.15) is 38.4 Å². The van der Waals surface area contributed by atoms with E-state index in [4.69, 9.17) is 4.74 Å². The molecule has 0 saturated carbocycles. The SMILES string of the molecule is C/C=C/CCNC(=NC)NCCCOC(C)c1ccccc1. The lowest BCUT2D eigenvalue weighted by Crippen LogP contribution is -2.38. The first-order chi connectivity index (χ1) is 10.8. The molecule has 0 spiro atoms. The minimum absolute atomic E-state index is 0.138. The van der Waals surface area contributed by atoms with E-state index in [1.54, 1.807) is 7.05 Å². The third kappa shape index (κ3) is 7.84. The molecule has 4 nitrogen and oxygen atoms in total. The van der Waals surface area contributed by atoms with Crippen LogP contribution in [-0.2, 0) is 4.74 Å². The molecule has 0 bridgehead atoms. The molecule has 0 aromatic heterocycles. The summed E-state index contributed by atoms with van der Waals surface area (Å²) in [6.45, 7) is 6.60. The largest absolute Gasteiger partial charge is 0.374 e. The van der Waals surface area contributed by atoms with Crippen molar-refractivity contribution in [2.75, 3.05) is 26.7 Å². The second-order valence-electron chi connectivity index (χ2n) is 5.06. The first kappa shape index (κ1) is 18.2. The van der Waals surface area contributed by atoms with E-state index in [1.807, 2.05) is 25.1 Å². The molecule has 1 rings (SSSR count). The number of benzene rings is 1. The van der Waals surface area contributed by atoms with E-state index >= 15 is 0 Å². The van der Waals surface area contributed by atoms with Crippen molar-refractivity contribution >= 4 is 5.96 Å². The zero-order valence-corrected chi connectivity index (χ0v) is 14.0. The van der Waals surface area contributed by atoms with Crippen LogP contribution in [0.3, 0.4) is 0 Å². The lowest BCUT2D eigenvalue weighted by atomic mass is 10.1. The number of nitrogens with zero attached hydrogens (tertiary/aromatic N) is 1. The number of rotatable bonds is 9. The Kier molecular flexibility index (Phi) is 9.79. The third-order valence-corrected chi connectivity index (χ3v) is 3.31. The highest BCUT2D eigenvalue weighted by Crippen LogP contribution is 2.15.